The number of cyclic esters (lactones) is 1. The standard InChI is InChI=1S/C55H61FN10O16/c1-6-55(78)34-17-39-48-32(23-65(39)50(74)33(34)25-80-51(55)75)47-36(13-12-31-28(2)35(56)18-37(64-48)46(31)47)62-43(70)26-79-27-61-41(68)20-58-49(73)38(16-29-10-8-7-9-11-29)63-42(69)22-57-40(67)21-60-52(76)81-24-30(66-44(71)14-15-45(66)72)19-59-53(77)82-54(3,4)5/h7-11,14-15,17-18,30,36,38,78H,6,12-13,16,19-27H2,1-5H3,(H,57,67)(H,58,73)(H,59,77)(H,60,76)(H,61,68)(H,62,70)(H,63,69)/t30-,36-,38-,55-/m0/s1. The van der Waals surface area contributed by atoms with Crippen LogP contribution < -0.4 is 42.8 Å². The van der Waals surface area contributed by atoms with Crippen LogP contribution in [0.25, 0.3) is 22.3 Å². The van der Waals surface area contributed by atoms with Crippen LogP contribution in [0.3, 0.4) is 0 Å². The normalized spacial score (nSPS) is 17.3. The fourth-order valence-electron chi connectivity index (χ4n) is 10.00. The monoisotopic (exact) mass is 1140 g/mol. The Hall–Kier alpha value is -9.11. The highest BCUT2D eigenvalue weighted by atomic mass is 19.1. The van der Waals surface area contributed by atoms with Gasteiger partial charge in [0, 0.05) is 47.7 Å². The number of alkyl carbamates (subject to hydrolysis) is 2. The number of imide groups is 1. The quantitative estimate of drug-likeness (QED) is 0.0160. The largest absolute Gasteiger partial charge is 0.458 e. The lowest BCUT2D eigenvalue weighted by Gasteiger charge is -2.31. The molecule has 4 atom stereocenters. The second-order valence-electron chi connectivity index (χ2n) is 20.7. The Morgan fingerprint density at radius 1 is 0.866 bits per heavy atom. The van der Waals surface area contributed by atoms with E-state index in [1.165, 1.54) is 10.6 Å². The summed E-state index contributed by atoms with van der Waals surface area (Å²) in [6.07, 6.45) is 0.684. The molecule has 4 aliphatic rings. The molecular weight excluding hydrogens is 1080 g/mol. The van der Waals surface area contributed by atoms with E-state index in [0.29, 0.717) is 62.9 Å². The summed E-state index contributed by atoms with van der Waals surface area (Å²) in [7, 11) is 0. The Kier molecular flexibility index (Phi) is 17.8. The maximum atomic E-state index is 15.4. The van der Waals surface area contributed by atoms with E-state index in [0.717, 1.165) is 17.1 Å². The van der Waals surface area contributed by atoms with Gasteiger partial charge in [0.1, 0.15) is 50.6 Å². The molecule has 82 heavy (non-hydrogen) atoms. The van der Waals surface area contributed by atoms with Crippen LogP contribution in [0, 0.1) is 12.7 Å². The van der Waals surface area contributed by atoms with E-state index in [1.54, 1.807) is 71.0 Å². The first-order valence-electron chi connectivity index (χ1n) is 26.2. The molecule has 0 saturated heterocycles. The molecule has 0 spiro atoms. The number of benzene rings is 2. The summed E-state index contributed by atoms with van der Waals surface area (Å²) in [5, 5.41) is 29.3. The number of ether oxygens (including phenoxy) is 4. The third kappa shape index (κ3) is 13.2. The number of carbonyl (C=O) groups excluding carboxylic acids is 10. The average molecular weight is 1140 g/mol. The van der Waals surface area contributed by atoms with Crippen molar-refractivity contribution in [3.8, 4) is 11.4 Å². The smallest absolute Gasteiger partial charge is 0.407 e. The number of hydrogen-bond acceptors (Lipinski definition) is 17. The SMILES string of the molecule is CC[C@@]1(O)C(=O)OCc2c1cc1n(c2=O)Cc2c-1nc1cc(F)c(C)c3c1c2[C@@H](NC(=O)COCNC(=O)CNC(=O)[C@H](Cc1ccccc1)NC(=O)CNC(=O)CNC(=O)OC[C@H](CNC(=O)OC(C)(C)C)N1C(=O)C=CC1=O)CC3. The number of carbonyl (C=O) groups is 10. The first kappa shape index (κ1) is 59.0. The Morgan fingerprint density at radius 3 is 2.27 bits per heavy atom. The van der Waals surface area contributed by atoms with E-state index in [9.17, 15) is 57.8 Å². The molecule has 2 aromatic carbocycles. The highest BCUT2D eigenvalue weighted by Gasteiger charge is 2.46. The van der Waals surface area contributed by atoms with Crippen LogP contribution in [0.4, 0.5) is 14.0 Å². The lowest BCUT2D eigenvalue weighted by molar-refractivity contribution is -0.172. The number of halogens is 1. The van der Waals surface area contributed by atoms with Gasteiger partial charge in [0.25, 0.3) is 17.4 Å². The molecule has 2 aromatic heterocycles. The fraction of sp³-hybridized carbons (Fsp3) is 0.418. The Morgan fingerprint density at radius 2 is 1.56 bits per heavy atom. The van der Waals surface area contributed by atoms with Crippen molar-refractivity contribution in [2.24, 2.45) is 0 Å². The zero-order valence-corrected chi connectivity index (χ0v) is 45.4. The number of aliphatic hydroxyl groups is 1. The molecule has 0 unspecified atom stereocenters. The number of nitrogens with zero attached hydrogens (tertiary/aromatic N) is 3. The van der Waals surface area contributed by atoms with Crippen LogP contribution in [-0.2, 0) is 88.9 Å². The molecule has 9 amide bonds. The van der Waals surface area contributed by atoms with E-state index in [-0.39, 0.29) is 43.7 Å². The van der Waals surface area contributed by atoms with Gasteiger partial charge in [0.2, 0.25) is 29.5 Å². The molecule has 0 radical (unpaired) electrons. The first-order valence-corrected chi connectivity index (χ1v) is 26.2. The van der Waals surface area contributed by atoms with E-state index in [4.69, 9.17) is 23.9 Å². The lowest BCUT2D eigenvalue weighted by Crippen LogP contribution is -2.52. The van der Waals surface area contributed by atoms with E-state index in [1.807, 2.05) is 0 Å². The van der Waals surface area contributed by atoms with Gasteiger partial charge >= 0.3 is 18.2 Å². The van der Waals surface area contributed by atoms with E-state index >= 15 is 4.39 Å². The predicted molar refractivity (Wildman–Crippen MR) is 284 cm³/mol. The highest BCUT2D eigenvalue weighted by molar-refractivity contribution is 6.13. The van der Waals surface area contributed by atoms with Gasteiger partial charge in [0.15, 0.2) is 5.60 Å². The molecule has 0 bridgehead atoms. The van der Waals surface area contributed by atoms with Crippen LogP contribution in [0.1, 0.15) is 85.5 Å². The summed E-state index contributed by atoms with van der Waals surface area (Å²) < 4.78 is 37.8. The van der Waals surface area contributed by atoms with Crippen molar-refractivity contribution < 1.29 is 76.4 Å². The summed E-state index contributed by atoms with van der Waals surface area (Å²) in [6.45, 7) is 4.07. The summed E-state index contributed by atoms with van der Waals surface area (Å²) in [5.41, 5.74) is 0.785. The van der Waals surface area contributed by atoms with Gasteiger partial charge in [-0.2, -0.15) is 0 Å². The number of fused-ring (bicyclic) bond motifs is 5. The van der Waals surface area contributed by atoms with Crippen LogP contribution in [-0.4, -0.2) is 143 Å². The fourth-order valence-corrected chi connectivity index (χ4v) is 10.00. The van der Waals surface area contributed by atoms with Crippen LogP contribution in [0.2, 0.25) is 0 Å². The number of amides is 9. The van der Waals surface area contributed by atoms with Gasteiger partial charge < -0.3 is 65.8 Å². The number of nitrogens with one attached hydrogen (secondary N) is 7. The summed E-state index contributed by atoms with van der Waals surface area (Å²) in [4.78, 5) is 147. The number of pyridine rings is 2. The molecule has 4 aromatic rings. The number of esters is 1. The second kappa shape index (κ2) is 24.7. The van der Waals surface area contributed by atoms with Crippen LogP contribution in [0.15, 0.2) is 59.4 Å². The van der Waals surface area contributed by atoms with Gasteiger partial charge in [-0.3, -0.25) is 43.3 Å². The van der Waals surface area contributed by atoms with E-state index < -0.39 is 140 Å². The second-order valence-corrected chi connectivity index (χ2v) is 20.7. The molecule has 8 N–H and O–H groups in total. The average Bonchev–Trinajstić information content (AvgIpc) is 4.20. The van der Waals surface area contributed by atoms with Crippen molar-refractivity contribution in [2.75, 3.05) is 46.1 Å². The minimum atomic E-state index is -2.07. The Balaban J connectivity index is 0.805. The molecule has 1 aliphatic carbocycles. The molecular formula is C55H61FN10O16. The third-order valence-electron chi connectivity index (χ3n) is 14.0. The van der Waals surface area contributed by atoms with E-state index in [2.05, 4.69) is 37.2 Å². The minimum Gasteiger partial charge on any atom is -0.458 e. The van der Waals surface area contributed by atoms with Gasteiger partial charge in [-0.25, -0.2) is 23.8 Å². The van der Waals surface area contributed by atoms with Crippen molar-refractivity contribution in [2.45, 2.75) is 103 Å². The molecule has 26 nitrogen and oxygen atoms in total. The number of hydrogen-bond donors (Lipinski definition) is 8. The van der Waals surface area contributed by atoms with Gasteiger partial charge in [-0.15, -0.1) is 0 Å². The molecule has 8 rings (SSSR count). The zero-order valence-electron chi connectivity index (χ0n) is 45.4. The topological polar surface area (TPSA) is 350 Å². The molecule has 0 saturated carbocycles. The van der Waals surface area contributed by atoms with Crippen molar-refractivity contribution in [3.63, 3.8) is 0 Å². The van der Waals surface area contributed by atoms with Crippen molar-refractivity contribution in [3.05, 3.63) is 110 Å². The summed E-state index contributed by atoms with van der Waals surface area (Å²) in [5.74, 6) is -6.48. The first-order chi connectivity index (χ1) is 39.0. The maximum absolute atomic E-state index is 15.4. The summed E-state index contributed by atoms with van der Waals surface area (Å²) >= 11 is 0. The predicted octanol–water partition coefficient (Wildman–Crippen LogP) is 0.225. The number of aryl methyl sites for hydroxylation is 1. The van der Waals surface area contributed by atoms with Gasteiger partial charge in [-0.1, -0.05) is 37.3 Å². The highest BCUT2D eigenvalue weighted by Crippen LogP contribution is 2.46. The lowest BCUT2D eigenvalue weighted by atomic mass is 9.81. The molecule has 5 heterocycles. The van der Waals surface area contributed by atoms with Crippen molar-refractivity contribution in [1.82, 2.24) is 51.7 Å². The maximum Gasteiger partial charge on any atom is 0.407 e. The summed E-state index contributed by atoms with van der Waals surface area (Å²) in [6, 6.07) is 8.41. The van der Waals surface area contributed by atoms with Crippen molar-refractivity contribution in [1.29, 1.82) is 0 Å². The third-order valence-corrected chi connectivity index (χ3v) is 14.0. The van der Waals surface area contributed by atoms with Crippen LogP contribution >= 0.6 is 0 Å². The van der Waals surface area contributed by atoms with Gasteiger partial charge in [0.05, 0.1) is 54.2 Å². The van der Waals surface area contributed by atoms with Crippen molar-refractivity contribution >= 4 is 70.4 Å². The molecule has 27 heteroatoms. The molecule has 434 valence electrons. The molecule has 3 aliphatic heterocycles. The molecule has 0 fully saturated rings. The minimum absolute atomic E-state index is 0.0241. The Labute approximate surface area is 467 Å². The zero-order chi connectivity index (χ0) is 59.2. The number of aromatic nitrogens is 2. The van der Waals surface area contributed by atoms with Crippen LogP contribution in [0.5, 0.6) is 0 Å². The number of rotatable bonds is 21. The van der Waals surface area contributed by atoms with Gasteiger partial charge in [-0.05, 0) is 75.3 Å². The Bertz CT molecular complexity index is 3360.